The van der Waals surface area contributed by atoms with Crippen LogP contribution in [-0.2, 0) is 4.79 Å². The van der Waals surface area contributed by atoms with Crippen LogP contribution < -0.4 is 10.2 Å². The van der Waals surface area contributed by atoms with E-state index in [0.29, 0.717) is 16.9 Å². The molecule has 4 aromatic rings. The maximum atomic E-state index is 14.3. The normalized spacial score (nSPS) is 14.5. The number of benzene rings is 3. The molecule has 200 valence electrons. The number of aromatic nitrogens is 1. The lowest BCUT2D eigenvalue weighted by Crippen LogP contribution is -2.47. The van der Waals surface area contributed by atoms with Crippen LogP contribution in [-0.4, -0.2) is 22.8 Å². The van der Waals surface area contributed by atoms with E-state index >= 15 is 0 Å². The maximum Gasteiger partial charge on any atom is 0.275 e. The van der Waals surface area contributed by atoms with Crippen molar-refractivity contribution < 1.29 is 14.0 Å². The highest BCUT2D eigenvalue weighted by atomic mass is 19.1. The van der Waals surface area contributed by atoms with Gasteiger partial charge in [0.15, 0.2) is 0 Å². The van der Waals surface area contributed by atoms with Crippen molar-refractivity contribution in [2.24, 2.45) is 0 Å². The number of aromatic amines is 1. The number of hydrogen-bond donors (Lipinski definition) is 2. The minimum atomic E-state index is -0.982. The first-order valence-corrected chi connectivity index (χ1v) is 13.6. The molecule has 5 nitrogen and oxygen atoms in total. The first kappa shape index (κ1) is 26.4. The summed E-state index contributed by atoms with van der Waals surface area (Å²) in [6.45, 7) is 3.93. The number of aryl methyl sites for hydroxylation is 2. The average Bonchev–Trinajstić information content (AvgIpc) is 3.44. The number of carbonyl (C=O) groups excluding carboxylic acids is 2. The van der Waals surface area contributed by atoms with Crippen molar-refractivity contribution >= 4 is 17.5 Å². The molecule has 2 N–H and O–H groups in total. The predicted molar refractivity (Wildman–Crippen MR) is 153 cm³/mol. The Balaban J connectivity index is 1.60. The monoisotopic (exact) mass is 523 g/mol. The summed E-state index contributed by atoms with van der Waals surface area (Å²) in [6, 6.07) is 24.2. The van der Waals surface area contributed by atoms with Gasteiger partial charge >= 0.3 is 0 Å². The predicted octanol–water partition coefficient (Wildman–Crippen LogP) is 7.27. The Morgan fingerprint density at radius 2 is 1.62 bits per heavy atom. The molecule has 1 aliphatic rings. The number of nitrogens with one attached hydrogen (secondary N) is 2. The van der Waals surface area contributed by atoms with Crippen molar-refractivity contribution in [2.45, 2.75) is 58.0 Å². The lowest BCUT2D eigenvalue weighted by Gasteiger charge is -2.34. The third kappa shape index (κ3) is 5.95. The fraction of sp³-hybridized carbons (Fsp3) is 0.273. The van der Waals surface area contributed by atoms with Crippen LogP contribution in [0.3, 0.4) is 0 Å². The highest BCUT2D eigenvalue weighted by Crippen LogP contribution is 2.34. The summed E-state index contributed by atoms with van der Waals surface area (Å²) in [4.78, 5) is 33.2. The highest BCUT2D eigenvalue weighted by Gasteiger charge is 2.36. The van der Waals surface area contributed by atoms with Crippen LogP contribution in [0.25, 0.3) is 11.3 Å². The van der Waals surface area contributed by atoms with E-state index in [-0.39, 0.29) is 17.9 Å². The van der Waals surface area contributed by atoms with Gasteiger partial charge in [-0.3, -0.25) is 14.5 Å². The molecule has 0 bridgehead atoms. The second-order valence-corrected chi connectivity index (χ2v) is 10.4. The number of H-pyrrole nitrogens is 1. The topological polar surface area (TPSA) is 65.2 Å². The molecule has 39 heavy (non-hydrogen) atoms. The number of amides is 2. The Morgan fingerprint density at radius 1 is 0.897 bits per heavy atom. The fourth-order valence-corrected chi connectivity index (χ4v) is 5.47. The largest absolute Gasteiger partial charge is 0.351 e. The van der Waals surface area contributed by atoms with Gasteiger partial charge in [-0.1, -0.05) is 79.4 Å². The zero-order chi connectivity index (χ0) is 27.4. The molecule has 0 saturated heterocycles. The zero-order valence-corrected chi connectivity index (χ0v) is 22.4. The van der Waals surface area contributed by atoms with Crippen molar-refractivity contribution in [1.82, 2.24) is 10.3 Å². The average molecular weight is 524 g/mol. The second-order valence-electron chi connectivity index (χ2n) is 10.4. The Bertz CT molecular complexity index is 1440. The van der Waals surface area contributed by atoms with Gasteiger partial charge in [-0.25, -0.2) is 4.39 Å². The highest BCUT2D eigenvalue weighted by molar-refractivity contribution is 6.10. The van der Waals surface area contributed by atoms with E-state index in [9.17, 15) is 14.0 Å². The molecule has 1 aromatic heterocycles. The minimum absolute atomic E-state index is 0.0560. The third-order valence-corrected chi connectivity index (χ3v) is 7.48. The molecule has 5 rings (SSSR count). The SMILES string of the molecule is Cc1ccc(N(C(=O)c2ccc(-c3ccccc3)[nH]2)C(C(=O)NC2CCCCC2)c2ccc(F)cc2)c(C)c1. The maximum absolute atomic E-state index is 14.3. The molecule has 1 atom stereocenters. The number of rotatable bonds is 7. The summed E-state index contributed by atoms with van der Waals surface area (Å²) < 4.78 is 14.0. The van der Waals surface area contributed by atoms with Crippen LogP contribution in [0.4, 0.5) is 10.1 Å². The molecule has 0 radical (unpaired) electrons. The number of anilines is 1. The summed E-state index contributed by atoms with van der Waals surface area (Å²) in [5.74, 6) is -1.000. The van der Waals surface area contributed by atoms with Gasteiger partial charge in [-0.2, -0.15) is 0 Å². The first-order chi connectivity index (χ1) is 18.9. The van der Waals surface area contributed by atoms with E-state index in [1.165, 1.54) is 12.1 Å². The molecule has 1 fully saturated rings. The van der Waals surface area contributed by atoms with Gasteiger partial charge in [0.1, 0.15) is 17.6 Å². The van der Waals surface area contributed by atoms with Crippen LogP contribution in [0.2, 0.25) is 0 Å². The quantitative estimate of drug-likeness (QED) is 0.267. The molecule has 0 spiro atoms. The lowest BCUT2D eigenvalue weighted by molar-refractivity contribution is -0.123. The smallest absolute Gasteiger partial charge is 0.275 e. The van der Waals surface area contributed by atoms with E-state index in [1.54, 1.807) is 23.1 Å². The van der Waals surface area contributed by atoms with Crippen LogP contribution >= 0.6 is 0 Å². The Morgan fingerprint density at radius 3 is 2.31 bits per heavy atom. The molecule has 3 aromatic carbocycles. The van der Waals surface area contributed by atoms with E-state index in [1.807, 2.05) is 68.4 Å². The third-order valence-electron chi connectivity index (χ3n) is 7.48. The Labute approximate surface area is 229 Å². The van der Waals surface area contributed by atoms with Gasteiger partial charge in [0, 0.05) is 17.4 Å². The van der Waals surface area contributed by atoms with E-state index in [4.69, 9.17) is 0 Å². The van der Waals surface area contributed by atoms with Crippen molar-refractivity contribution in [1.29, 1.82) is 0 Å². The Hall–Kier alpha value is -4.19. The number of hydrogen-bond acceptors (Lipinski definition) is 2. The molecule has 0 aliphatic heterocycles. The number of halogens is 1. The van der Waals surface area contributed by atoms with Crippen LogP contribution in [0, 0.1) is 19.7 Å². The molecule has 1 heterocycles. The molecular formula is C33H34FN3O2. The zero-order valence-electron chi connectivity index (χ0n) is 22.4. The van der Waals surface area contributed by atoms with E-state index < -0.39 is 11.9 Å². The molecular weight excluding hydrogens is 489 g/mol. The van der Waals surface area contributed by atoms with Gasteiger partial charge in [0.2, 0.25) is 5.91 Å². The second kappa shape index (κ2) is 11.7. The van der Waals surface area contributed by atoms with Crippen LogP contribution in [0.5, 0.6) is 0 Å². The summed E-state index contributed by atoms with van der Waals surface area (Å²) in [5.41, 5.74) is 5.24. The summed E-state index contributed by atoms with van der Waals surface area (Å²) >= 11 is 0. The van der Waals surface area contributed by atoms with E-state index in [2.05, 4.69) is 10.3 Å². The lowest BCUT2D eigenvalue weighted by atomic mass is 9.94. The van der Waals surface area contributed by atoms with Gasteiger partial charge in [-0.15, -0.1) is 0 Å². The fourth-order valence-electron chi connectivity index (χ4n) is 5.47. The Kier molecular flexibility index (Phi) is 7.92. The van der Waals surface area contributed by atoms with Crippen LogP contribution in [0.1, 0.15) is 65.3 Å². The first-order valence-electron chi connectivity index (χ1n) is 13.6. The number of nitrogens with zero attached hydrogens (tertiary/aromatic N) is 1. The van der Waals surface area contributed by atoms with Crippen molar-refractivity contribution in [2.75, 3.05) is 4.90 Å². The standard InChI is InChI=1S/C33H34FN3O2/c1-22-13-20-30(23(2)21-22)37(33(39)29-19-18-28(36-29)24-9-5-3-6-10-24)31(25-14-16-26(34)17-15-25)32(38)35-27-11-7-4-8-12-27/h3,5-6,9-10,13-21,27,31,36H,4,7-8,11-12H2,1-2H3,(H,35,38). The van der Waals surface area contributed by atoms with Gasteiger partial charge in [0.05, 0.1) is 0 Å². The van der Waals surface area contributed by atoms with Crippen molar-refractivity contribution in [3.8, 4) is 11.3 Å². The van der Waals surface area contributed by atoms with Crippen LogP contribution in [0.15, 0.2) is 84.9 Å². The molecule has 2 amide bonds. The van der Waals surface area contributed by atoms with E-state index in [0.717, 1.165) is 54.5 Å². The molecule has 1 saturated carbocycles. The summed E-state index contributed by atoms with van der Waals surface area (Å²) in [7, 11) is 0. The summed E-state index contributed by atoms with van der Waals surface area (Å²) in [5, 5.41) is 3.21. The van der Waals surface area contributed by atoms with Gasteiger partial charge in [0.25, 0.3) is 5.91 Å². The molecule has 1 unspecified atom stereocenters. The minimum Gasteiger partial charge on any atom is -0.351 e. The van der Waals surface area contributed by atoms with Crippen molar-refractivity contribution in [3.05, 3.63) is 113 Å². The van der Waals surface area contributed by atoms with Gasteiger partial charge in [-0.05, 0) is 73.7 Å². The number of carbonyl (C=O) groups is 2. The summed E-state index contributed by atoms with van der Waals surface area (Å²) in [6.07, 6.45) is 5.12. The van der Waals surface area contributed by atoms with Gasteiger partial charge < -0.3 is 10.3 Å². The molecule has 6 heteroatoms. The molecule has 1 aliphatic carbocycles. The van der Waals surface area contributed by atoms with Crippen molar-refractivity contribution in [3.63, 3.8) is 0 Å².